The molecular formula is C27H34N6O2. The summed E-state index contributed by atoms with van der Waals surface area (Å²) in [5, 5.41) is 22.3. The van der Waals surface area contributed by atoms with E-state index >= 15 is 0 Å². The zero-order valence-corrected chi connectivity index (χ0v) is 20.5. The highest BCUT2D eigenvalue weighted by atomic mass is 16.3. The number of aliphatic imine (C=N–C) groups is 1. The van der Waals surface area contributed by atoms with Gasteiger partial charge >= 0.3 is 0 Å². The smallest absolute Gasteiger partial charge is 0.248 e. The molecular weight excluding hydrogens is 440 g/mol. The van der Waals surface area contributed by atoms with Crippen LogP contribution in [0.15, 0.2) is 64.5 Å². The third-order valence-corrected chi connectivity index (χ3v) is 7.24. The van der Waals surface area contributed by atoms with Crippen LogP contribution >= 0.6 is 0 Å². The Labute approximate surface area is 206 Å². The Balaban J connectivity index is 1.48. The summed E-state index contributed by atoms with van der Waals surface area (Å²) in [5.41, 5.74) is 12.5. The minimum absolute atomic E-state index is 0.223. The van der Waals surface area contributed by atoms with E-state index < -0.39 is 6.61 Å². The van der Waals surface area contributed by atoms with Crippen LogP contribution in [-0.2, 0) is 4.79 Å². The third kappa shape index (κ3) is 5.27. The summed E-state index contributed by atoms with van der Waals surface area (Å²) in [6, 6.07) is 0. The highest BCUT2D eigenvalue weighted by molar-refractivity contribution is 6.05. The number of piperidine rings is 1. The summed E-state index contributed by atoms with van der Waals surface area (Å²) < 4.78 is 1.50. The molecule has 4 rings (SSSR count). The van der Waals surface area contributed by atoms with Crippen LogP contribution in [0.2, 0.25) is 0 Å². The first-order valence-electron chi connectivity index (χ1n) is 12.2. The van der Waals surface area contributed by atoms with Gasteiger partial charge in [-0.15, -0.1) is 0 Å². The number of nitrogens with two attached hydrogens (primary N) is 1. The van der Waals surface area contributed by atoms with Gasteiger partial charge in [-0.25, -0.2) is 0 Å². The molecule has 1 amide bonds. The molecule has 3 aliphatic rings. The molecule has 35 heavy (non-hydrogen) atoms. The SMILES string of the molecule is CC(C(=N)n1ncc(C2=CN=C(C3=CCC=CC=C3)CC2)c1N)=C(C)C1CCN(C(=O)CO)CC1. The second-order valence-corrected chi connectivity index (χ2v) is 9.24. The Morgan fingerprint density at radius 2 is 2.00 bits per heavy atom. The first-order chi connectivity index (χ1) is 16.9. The molecule has 0 atom stereocenters. The van der Waals surface area contributed by atoms with E-state index in [0.29, 0.717) is 18.9 Å². The molecule has 184 valence electrons. The normalized spacial score (nSPS) is 19.5. The topological polar surface area (TPSA) is 121 Å². The number of aromatic nitrogens is 2. The monoisotopic (exact) mass is 474 g/mol. The van der Waals surface area contributed by atoms with Crippen molar-refractivity contribution in [1.82, 2.24) is 14.7 Å². The molecule has 4 N–H and O–H groups in total. The standard InChI is InChI=1S/C27H34N6O2/c1-18(20-11-13-32(14-12-20)25(35)17-34)19(2)26(28)33-27(29)23(16-31-33)22-9-10-24(30-15-22)21-7-5-3-4-6-8-21/h3-5,7-8,15-16,20,28,34H,6,9-14,17,29H2,1-2H3. The van der Waals surface area contributed by atoms with Crippen LogP contribution in [0.25, 0.3) is 5.57 Å². The number of hydrogen-bond acceptors (Lipinski definition) is 6. The van der Waals surface area contributed by atoms with Gasteiger partial charge in [0.15, 0.2) is 5.84 Å². The summed E-state index contributed by atoms with van der Waals surface area (Å²) in [5.74, 6) is 0.778. The molecule has 1 aromatic heterocycles. The molecule has 1 aromatic rings. The van der Waals surface area contributed by atoms with Crippen molar-refractivity contribution in [3.63, 3.8) is 0 Å². The molecule has 8 heteroatoms. The van der Waals surface area contributed by atoms with Gasteiger partial charge in [0, 0.05) is 30.6 Å². The van der Waals surface area contributed by atoms with Crippen LogP contribution in [0, 0.1) is 11.3 Å². The van der Waals surface area contributed by atoms with Gasteiger partial charge < -0.3 is 15.7 Å². The maximum absolute atomic E-state index is 11.7. The number of likely N-dealkylation sites (tertiary alicyclic amines) is 1. The molecule has 8 nitrogen and oxygen atoms in total. The molecule has 1 fully saturated rings. The van der Waals surface area contributed by atoms with Crippen molar-refractivity contribution in [2.45, 2.75) is 46.0 Å². The lowest BCUT2D eigenvalue weighted by atomic mass is 9.87. The lowest BCUT2D eigenvalue weighted by molar-refractivity contribution is -0.135. The van der Waals surface area contributed by atoms with Crippen LogP contribution in [0.4, 0.5) is 5.82 Å². The number of hydrogen-bond donors (Lipinski definition) is 3. The fourth-order valence-corrected chi connectivity index (χ4v) is 4.85. The molecule has 0 spiro atoms. The second-order valence-electron chi connectivity index (χ2n) is 9.24. The number of rotatable bonds is 5. The number of aliphatic hydroxyl groups is 1. The molecule has 1 saturated heterocycles. The molecule has 0 aromatic carbocycles. The van der Waals surface area contributed by atoms with Crippen LogP contribution < -0.4 is 5.73 Å². The summed E-state index contributed by atoms with van der Waals surface area (Å²) in [6.07, 6.45) is 18.3. The van der Waals surface area contributed by atoms with E-state index in [1.807, 2.05) is 26.1 Å². The van der Waals surface area contributed by atoms with Crippen molar-refractivity contribution >= 4 is 28.8 Å². The van der Waals surface area contributed by atoms with E-state index in [1.54, 1.807) is 11.1 Å². The van der Waals surface area contributed by atoms with Gasteiger partial charge in [0.05, 0.1) is 6.20 Å². The second kappa shape index (κ2) is 10.8. The Morgan fingerprint density at radius 1 is 1.23 bits per heavy atom. The number of aliphatic hydroxyl groups excluding tert-OH is 1. The van der Waals surface area contributed by atoms with Crippen molar-refractivity contribution < 1.29 is 9.90 Å². The van der Waals surface area contributed by atoms with Crippen molar-refractivity contribution in [2.75, 3.05) is 25.4 Å². The molecule has 1 aliphatic carbocycles. The zero-order chi connectivity index (χ0) is 24.9. The Hall–Kier alpha value is -3.52. The quantitative estimate of drug-likeness (QED) is 0.443. The lowest BCUT2D eigenvalue weighted by Gasteiger charge is -2.32. The summed E-state index contributed by atoms with van der Waals surface area (Å²) >= 11 is 0. The van der Waals surface area contributed by atoms with E-state index in [2.05, 4.69) is 29.4 Å². The van der Waals surface area contributed by atoms with E-state index in [1.165, 1.54) is 10.3 Å². The molecule has 0 saturated carbocycles. The molecule has 0 unspecified atom stereocenters. The third-order valence-electron chi connectivity index (χ3n) is 7.24. The fourth-order valence-electron chi connectivity index (χ4n) is 4.85. The van der Waals surface area contributed by atoms with Gasteiger partial charge in [0.2, 0.25) is 5.91 Å². The average Bonchev–Trinajstić information content (AvgIpc) is 3.09. The maximum atomic E-state index is 11.7. The minimum Gasteiger partial charge on any atom is -0.387 e. The van der Waals surface area contributed by atoms with Crippen molar-refractivity contribution in [2.24, 2.45) is 10.9 Å². The van der Waals surface area contributed by atoms with Crippen molar-refractivity contribution in [3.05, 3.63) is 65.1 Å². The Morgan fingerprint density at radius 3 is 2.69 bits per heavy atom. The lowest BCUT2D eigenvalue weighted by Crippen LogP contribution is -2.40. The molecule has 3 heterocycles. The summed E-state index contributed by atoms with van der Waals surface area (Å²) in [4.78, 5) is 18.1. The number of amides is 1. The van der Waals surface area contributed by atoms with Gasteiger partial charge in [-0.1, -0.05) is 36.0 Å². The van der Waals surface area contributed by atoms with Crippen LogP contribution in [0.3, 0.4) is 0 Å². The van der Waals surface area contributed by atoms with E-state index in [9.17, 15) is 4.79 Å². The predicted octanol–water partition coefficient (Wildman–Crippen LogP) is 3.88. The largest absolute Gasteiger partial charge is 0.387 e. The molecule has 0 bridgehead atoms. The number of nitrogens with zero attached hydrogens (tertiary/aromatic N) is 4. The minimum atomic E-state index is -0.445. The van der Waals surface area contributed by atoms with E-state index in [-0.39, 0.29) is 17.7 Å². The number of nitrogens with one attached hydrogen (secondary N) is 1. The number of nitrogen functional groups attached to an aromatic ring is 1. The van der Waals surface area contributed by atoms with Gasteiger partial charge in [-0.2, -0.15) is 9.78 Å². The number of carbonyl (C=O) groups is 1. The van der Waals surface area contributed by atoms with Crippen LogP contribution in [-0.4, -0.2) is 56.9 Å². The highest BCUT2D eigenvalue weighted by Gasteiger charge is 2.26. The highest BCUT2D eigenvalue weighted by Crippen LogP contribution is 2.31. The zero-order valence-electron chi connectivity index (χ0n) is 20.5. The number of carbonyl (C=O) groups excluding carboxylic acids is 1. The predicted molar refractivity (Wildman–Crippen MR) is 140 cm³/mol. The van der Waals surface area contributed by atoms with Crippen LogP contribution in [0.5, 0.6) is 0 Å². The first-order valence-corrected chi connectivity index (χ1v) is 12.2. The summed E-state index contributed by atoms with van der Waals surface area (Å²) in [7, 11) is 0. The van der Waals surface area contributed by atoms with Crippen molar-refractivity contribution in [3.8, 4) is 0 Å². The van der Waals surface area contributed by atoms with Gasteiger partial charge in [-0.05, 0) is 68.6 Å². The van der Waals surface area contributed by atoms with Crippen molar-refractivity contribution in [1.29, 1.82) is 5.41 Å². The van der Waals surface area contributed by atoms with E-state index in [4.69, 9.17) is 21.2 Å². The van der Waals surface area contributed by atoms with E-state index in [0.717, 1.165) is 60.1 Å². The van der Waals surface area contributed by atoms with Gasteiger partial charge in [0.25, 0.3) is 0 Å². The first kappa shape index (κ1) is 24.6. The fraction of sp³-hybridized carbons (Fsp3) is 0.407. The molecule has 2 aliphatic heterocycles. The van der Waals surface area contributed by atoms with Gasteiger partial charge in [-0.3, -0.25) is 15.2 Å². The molecule has 0 radical (unpaired) electrons. The number of allylic oxidation sites excluding steroid dienone is 9. The Bertz CT molecular complexity index is 1190. The average molecular weight is 475 g/mol. The van der Waals surface area contributed by atoms with Gasteiger partial charge in [0.1, 0.15) is 12.4 Å². The summed E-state index contributed by atoms with van der Waals surface area (Å²) in [6.45, 7) is 4.78. The Kier molecular flexibility index (Phi) is 7.60. The van der Waals surface area contributed by atoms with Crippen LogP contribution in [0.1, 0.15) is 51.5 Å². The maximum Gasteiger partial charge on any atom is 0.248 e. The number of anilines is 1.